The Kier molecular flexibility index (Phi) is 2.71. The fourth-order valence-electron chi connectivity index (χ4n) is 3.55. The van der Waals surface area contributed by atoms with Gasteiger partial charge < -0.3 is 8.83 Å². The Hall–Kier alpha value is -2.03. The van der Waals surface area contributed by atoms with Gasteiger partial charge in [0.2, 0.25) is 0 Å². The van der Waals surface area contributed by atoms with Crippen LogP contribution in [0.5, 0.6) is 0 Å². The minimum absolute atomic E-state index is 0.162. The number of aryl methyl sites for hydroxylation is 3. The molecule has 0 atom stereocenters. The standard InChI is InChI=1S/C18H18O3/c1-10-9-20-16-11(2)17-15(8-14(10)16)12-6-4-3-5-7-13(12)18(19)21-17/h8-9H,3-7H2,1-2H3. The van der Waals surface area contributed by atoms with Crippen molar-refractivity contribution >= 4 is 21.9 Å². The topological polar surface area (TPSA) is 43.4 Å². The third-order valence-corrected chi connectivity index (χ3v) is 4.72. The van der Waals surface area contributed by atoms with Crippen LogP contribution < -0.4 is 5.63 Å². The maximum Gasteiger partial charge on any atom is 0.339 e. The van der Waals surface area contributed by atoms with Crippen LogP contribution in [0.2, 0.25) is 0 Å². The highest BCUT2D eigenvalue weighted by molar-refractivity contribution is 5.99. The summed E-state index contributed by atoms with van der Waals surface area (Å²) >= 11 is 0. The zero-order valence-electron chi connectivity index (χ0n) is 12.4. The van der Waals surface area contributed by atoms with Crippen molar-refractivity contribution in [2.45, 2.75) is 46.0 Å². The highest BCUT2D eigenvalue weighted by atomic mass is 16.4. The van der Waals surface area contributed by atoms with E-state index in [0.29, 0.717) is 5.58 Å². The Labute approximate surface area is 122 Å². The molecule has 2 heterocycles. The molecule has 0 saturated heterocycles. The van der Waals surface area contributed by atoms with Crippen LogP contribution >= 0.6 is 0 Å². The van der Waals surface area contributed by atoms with Crippen LogP contribution in [0.3, 0.4) is 0 Å². The van der Waals surface area contributed by atoms with E-state index in [2.05, 4.69) is 13.0 Å². The van der Waals surface area contributed by atoms with E-state index in [9.17, 15) is 4.79 Å². The second-order valence-electron chi connectivity index (χ2n) is 6.08. The monoisotopic (exact) mass is 282 g/mol. The number of benzene rings is 1. The van der Waals surface area contributed by atoms with Crippen molar-refractivity contribution < 1.29 is 8.83 Å². The molecule has 0 radical (unpaired) electrons. The van der Waals surface area contributed by atoms with Gasteiger partial charge in [-0.1, -0.05) is 6.42 Å². The van der Waals surface area contributed by atoms with Crippen molar-refractivity contribution in [1.29, 1.82) is 0 Å². The van der Waals surface area contributed by atoms with Crippen LogP contribution in [0.25, 0.3) is 21.9 Å². The van der Waals surface area contributed by atoms with Gasteiger partial charge in [-0.05, 0) is 56.7 Å². The molecule has 1 aromatic carbocycles. The molecule has 0 amide bonds. The largest absolute Gasteiger partial charge is 0.464 e. The molecule has 3 heteroatoms. The maximum absolute atomic E-state index is 12.3. The van der Waals surface area contributed by atoms with Gasteiger partial charge in [-0.25, -0.2) is 4.79 Å². The molecule has 4 rings (SSSR count). The van der Waals surface area contributed by atoms with Crippen LogP contribution in [0.1, 0.15) is 41.5 Å². The van der Waals surface area contributed by atoms with Crippen LogP contribution in [0.4, 0.5) is 0 Å². The minimum atomic E-state index is -0.162. The third kappa shape index (κ3) is 1.76. The first-order valence-corrected chi connectivity index (χ1v) is 7.63. The van der Waals surface area contributed by atoms with E-state index in [0.717, 1.165) is 58.7 Å². The van der Waals surface area contributed by atoms with Crippen molar-refractivity contribution in [2.75, 3.05) is 0 Å². The number of hydrogen-bond donors (Lipinski definition) is 0. The summed E-state index contributed by atoms with van der Waals surface area (Å²) in [4.78, 5) is 12.3. The van der Waals surface area contributed by atoms with Gasteiger partial charge in [0.25, 0.3) is 0 Å². The molecule has 0 N–H and O–H groups in total. The lowest BCUT2D eigenvalue weighted by atomic mass is 9.97. The van der Waals surface area contributed by atoms with E-state index in [4.69, 9.17) is 8.83 Å². The van der Waals surface area contributed by atoms with E-state index < -0.39 is 0 Å². The highest BCUT2D eigenvalue weighted by Gasteiger charge is 2.20. The average molecular weight is 282 g/mol. The Morgan fingerprint density at radius 1 is 0.952 bits per heavy atom. The first-order chi connectivity index (χ1) is 10.2. The Morgan fingerprint density at radius 2 is 1.71 bits per heavy atom. The summed E-state index contributed by atoms with van der Waals surface area (Å²) in [7, 11) is 0. The number of fused-ring (bicyclic) bond motifs is 4. The molecule has 0 bridgehead atoms. The molecule has 21 heavy (non-hydrogen) atoms. The van der Waals surface area contributed by atoms with Crippen LogP contribution in [-0.4, -0.2) is 0 Å². The molecule has 108 valence electrons. The van der Waals surface area contributed by atoms with Gasteiger partial charge in [0, 0.05) is 21.9 Å². The van der Waals surface area contributed by atoms with Crippen LogP contribution in [-0.2, 0) is 12.8 Å². The minimum Gasteiger partial charge on any atom is -0.464 e. The van der Waals surface area contributed by atoms with Crippen LogP contribution in [0, 0.1) is 13.8 Å². The molecule has 0 spiro atoms. The summed E-state index contributed by atoms with van der Waals surface area (Å²) in [5.41, 5.74) is 5.51. The molecule has 0 saturated carbocycles. The predicted molar refractivity (Wildman–Crippen MR) is 83.0 cm³/mol. The van der Waals surface area contributed by atoms with Gasteiger partial charge in [-0.2, -0.15) is 0 Å². The fraction of sp³-hybridized carbons (Fsp3) is 0.389. The van der Waals surface area contributed by atoms with Crippen molar-refractivity contribution in [3.8, 4) is 0 Å². The third-order valence-electron chi connectivity index (χ3n) is 4.72. The summed E-state index contributed by atoms with van der Waals surface area (Å²) in [5.74, 6) is 0. The van der Waals surface area contributed by atoms with Crippen LogP contribution in [0.15, 0.2) is 26.0 Å². The van der Waals surface area contributed by atoms with E-state index >= 15 is 0 Å². The van der Waals surface area contributed by atoms with E-state index in [1.165, 1.54) is 12.0 Å². The molecule has 2 aromatic heterocycles. The molecule has 3 nitrogen and oxygen atoms in total. The van der Waals surface area contributed by atoms with E-state index in [1.54, 1.807) is 6.26 Å². The smallest absolute Gasteiger partial charge is 0.339 e. The van der Waals surface area contributed by atoms with E-state index in [-0.39, 0.29) is 5.63 Å². The van der Waals surface area contributed by atoms with Gasteiger partial charge in [0.1, 0.15) is 11.2 Å². The van der Waals surface area contributed by atoms with Crippen molar-refractivity contribution in [1.82, 2.24) is 0 Å². The molecule has 0 fully saturated rings. The van der Waals surface area contributed by atoms with Gasteiger partial charge in [-0.3, -0.25) is 0 Å². The lowest BCUT2D eigenvalue weighted by molar-refractivity contribution is 0.543. The van der Waals surface area contributed by atoms with Gasteiger partial charge in [0.05, 0.1) is 6.26 Å². The average Bonchev–Trinajstić information content (AvgIpc) is 2.71. The summed E-state index contributed by atoms with van der Waals surface area (Å²) in [6.45, 7) is 4.02. The number of rotatable bonds is 0. The van der Waals surface area contributed by atoms with E-state index in [1.807, 2.05) is 6.92 Å². The summed E-state index contributed by atoms with van der Waals surface area (Å²) < 4.78 is 11.3. The van der Waals surface area contributed by atoms with Gasteiger partial charge in [0.15, 0.2) is 0 Å². The van der Waals surface area contributed by atoms with Gasteiger partial charge in [-0.15, -0.1) is 0 Å². The van der Waals surface area contributed by atoms with Crippen molar-refractivity contribution in [3.05, 3.63) is 45.0 Å². The number of hydrogen-bond acceptors (Lipinski definition) is 3. The first kappa shape index (κ1) is 12.7. The molecule has 1 aliphatic carbocycles. The summed E-state index contributed by atoms with van der Waals surface area (Å²) in [6, 6.07) is 2.14. The van der Waals surface area contributed by atoms with Gasteiger partial charge >= 0.3 is 5.63 Å². The molecule has 1 aliphatic rings. The highest BCUT2D eigenvalue weighted by Crippen LogP contribution is 2.34. The Morgan fingerprint density at radius 3 is 2.52 bits per heavy atom. The zero-order valence-corrected chi connectivity index (χ0v) is 12.4. The first-order valence-electron chi connectivity index (χ1n) is 7.63. The SMILES string of the molecule is Cc1coc2c(C)c3oc(=O)c4c(c3cc12)CCCCC4. The molecule has 3 aromatic rings. The zero-order chi connectivity index (χ0) is 14.6. The lowest BCUT2D eigenvalue weighted by Crippen LogP contribution is -2.11. The maximum atomic E-state index is 12.3. The molecule has 0 aliphatic heterocycles. The number of furan rings is 1. The predicted octanol–water partition coefficient (Wildman–Crippen LogP) is 4.42. The molecule has 0 unspecified atom stereocenters. The second-order valence-corrected chi connectivity index (χ2v) is 6.08. The lowest BCUT2D eigenvalue weighted by Gasteiger charge is -2.10. The van der Waals surface area contributed by atoms with Crippen molar-refractivity contribution in [2.24, 2.45) is 0 Å². The Balaban J connectivity index is 2.20. The molecular weight excluding hydrogens is 264 g/mol. The molecular formula is C18H18O3. The summed E-state index contributed by atoms with van der Waals surface area (Å²) in [6.07, 6.45) is 6.99. The van der Waals surface area contributed by atoms with Crippen molar-refractivity contribution in [3.63, 3.8) is 0 Å². The fourth-order valence-corrected chi connectivity index (χ4v) is 3.55. The Bertz CT molecular complexity index is 912. The quantitative estimate of drug-likeness (QED) is 0.452. The summed E-state index contributed by atoms with van der Waals surface area (Å²) in [5, 5.41) is 2.22. The normalized spacial score (nSPS) is 15.3. The second kappa shape index (κ2) is 4.48.